The fourth-order valence-electron chi connectivity index (χ4n) is 3.44. The smallest absolute Gasteiger partial charge is 0.223 e. The summed E-state index contributed by atoms with van der Waals surface area (Å²) in [4.78, 5) is 19.1. The molecule has 0 unspecified atom stereocenters. The van der Waals surface area contributed by atoms with Gasteiger partial charge in [0.25, 0.3) is 0 Å². The Bertz CT molecular complexity index is 689. The Labute approximate surface area is 156 Å². The van der Waals surface area contributed by atoms with E-state index >= 15 is 0 Å². The number of benzene rings is 1. The lowest BCUT2D eigenvalue weighted by molar-refractivity contribution is -0.126. The molecule has 1 fully saturated rings. The summed E-state index contributed by atoms with van der Waals surface area (Å²) in [6.07, 6.45) is 3.62. The fraction of sp³-hybridized carbons (Fsp3) is 0.455. The van der Waals surface area contributed by atoms with Gasteiger partial charge in [-0.25, -0.2) is 0 Å². The Morgan fingerprint density at radius 3 is 2.50 bits per heavy atom. The number of rotatable bonds is 6. The minimum Gasteiger partial charge on any atom is -0.350 e. The first-order chi connectivity index (χ1) is 12.6. The number of carbonyl (C=O) groups is 1. The third-order valence-corrected chi connectivity index (χ3v) is 5.18. The SMILES string of the molecule is CC(C)c1ccc(CN2CCC(C(=O)NCc3ccccn3)CC2)cc1. The fourth-order valence-corrected chi connectivity index (χ4v) is 3.44. The van der Waals surface area contributed by atoms with Crippen LogP contribution in [0, 0.1) is 5.92 Å². The highest BCUT2D eigenvalue weighted by atomic mass is 16.1. The number of amides is 1. The molecule has 4 nitrogen and oxygen atoms in total. The quantitative estimate of drug-likeness (QED) is 0.862. The number of carbonyl (C=O) groups excluding carboxylic acids is 1. The molecule has 4 heteroatoms. The molecular formula is C22H29N3O. The summed E-state index contributed by atoms with van der Waals surface area (Å²) in [5.41, 5.74) is 3.65. The average molecular weight is 351 g/mol. The van der Waals surface area contributed by atoms with Crippen LogP contribution in [0.15, 0.2) is 48.7 Å². The number of piperidine rings is 1. The maximum Gasteiger partial charge on any atom is 0.223 e. The van der Waals surface area contributed by atoms with Gasteiger partial charge in [-0.3, -0.25) is 14.7 Å². The van der Waals surface area contributed by atoms with E-state index in [1.54, 1.807) is 6.20 Å². The maximum absolute atomic E-state index is 12.4. The molecular weight excluding hydrogens is 322 g/mol. The third-order valence-electron chi connectivity index (χ3n) is 5.18. The zero-order valence-corrected chi connectivity index (χ0v) is 15.8. The normalized spacial score (nSPS) is 16.0. The van der Waals surface area contributed by atoms with Crippen molar-refractivity contribution in [2.24, 2.45) is 5.92 Å². The van der Waals surface area contributed by atoms with Crippen LogP contribution < -0.4 is 5.32 Å². The lowest BCUT2D eigenvalue weighted by Gasteiger charge is -2.31. The van der Waals surface area contributed by atoms with E-state index in [0.717, 1.165) is 38.2 Å². The molecule has 1 saturated heterocycles. The monoisotopic (exact) mass is 351 g/mol. The van der Waals surface area contributed by atoms with Gasteiger partial charge in [-0.05, 0) is 55.1 Å². The van der Waals surface area contributed by atoms with Crippen molar-refractivity contribution in [3.8, 4) is 0 Å². The van der Waals surface area contributed by atoms with Gasteiger partial charge < -0.3 is 5.32 Å². The van der Waals surface area contributed by atoms with E-state index in [1.807, 2.05) is 18.2 Å². The number of nitrogens with one attached hydrogen (secondary N) is 1. The van der Waals surface area contributed by atoms with Crippen LogP contribution in [0.25, 0.3) is 0 Å². The van der Waals surface area contributed by atoms with Crippen molar-refractivity contribution >= 4 is 5.91 Å². The molecule has 2 aromatic rings. The largest absolute Gasteiger partial charge is 0.350 e. The Balaban J connectivity index is 1.42. The van der Waals surface area contributed by atoms with Crippen LogP contribution in [0.2, 0.25) is 0 Å². The van der Waals surface area contributed by atoms with Gasteiger partial charge in [0.05, 0.1) is 12.2 Å². The molecule has 0 spiro atoms. The molecule has 1 aliphatic rings. The zero-order valence-electron chi connectivity index (χ0n) is 15.8. The number of nitrogens with zero attached hydrogens (tertiary/aromatic N) is 2. The van der Waals surface area contributed by atoms with Crippen molar-refractivity contribution in [3.63, 3.8) is 0 Å². The van der Waals surface area contributed by atoms with Crippen molar-refractivity contribution < 1.29 is 4.79 Å². The molecule has 3 rings (SSSR count). The van der Waals surface area contributed by atoms with E-state index in [1.165, 1.54) is 11.1 Å². The molecule has 1 amide bonds. The van der Waals surface area contributed by atoms with Crippen LogP contribution in [-0.2, 0) is 17.9 Å². The standard InChI is InChI=1S/C22H29N3O/c1-17(2)19-8-6-18(7-9-19)16-25-13-10-20(11-14-25)22(26)24-15-21-5-3-4-12-23-21/h3-9,12,17,20H,10-11,13-16H2,1-2H3,(H,24,26). The molecule has 1 aromatic carbocycles. The maximum atomic E-state index is 12.4. The van der Waals surface area contributed by atoms with Crippen molar-refractivity contribution in [1.82, 2.24) is 15.2 Å². The highest BCUT2D eigenvalue weighted by Crippen LogP contribution is 2.20. The van der Waals surface area contributed by atoms with E-state index in [4.69, 9.17) is 0 Å². The summed E-state index contributed by atoms with van der Waals surface area (Å²) < 4.78 is 0. The van der Waals surface area contributed by atoms with Crippen LogP contribution in [-0.4, -0.2) is 28.9 Å². The third kappa shape index (κ3) is 5.15. The minimum atomic E-state index is 0.123. The molecule has 138 valence electrons. The Kier molecular flexibility index (Phi) is 6.40. The van der Waals surface area contributed by atoms with Crippen molar-refractivity contribution in [2.45, 2.75) is 45.7 Å². The Morgan fingerprint density at radius 1 is 1.15 bits per heavy atom. The summed E-state index contributed by atoms with van der Waals surface area (Å²) in [7, 11) is 0. The van der Waals surface area contributed by atoms with Crippen LogP contribution >= 0.6 is 0 Å². The van der Waals surface area contributed by atoms with Gasteiger partial charge in [0.15, 0.2) is 0 Å². The molecule has 1 aliphatic heterocycles. The average Bonchev–Trinajstić information content (AvgIpc) is 2.68. The van der Waals surface area contributed by atoms with E-state index in [-0.39, 0.29) is 11.8 Å². The van der Waals surface area contributed by atoms with Gasteiger partial charge >= 0.3 is 0 Å². The molecule has 0 atom stereocenters. The van der Waals surface area contributed by atoms with Crippen molar-refractivity contribution in [2.75, 3.05) is 13.1 Å². The van der Waals surface area contributed by atoms with Gasteiger partial charge in [-0.2, -0.15) is 0 Å². The number of hydrogen-bond acceptors (Lipinski definition) is 3. The Hall–Kier alpha value is -2.20. The number of likely N-dealkylation sites (tertiary alicyclic amines) is 1. The number of hydrogen-bond donors (Lipinski definition) is 1. The minimum absolute atomic E-state index is 0.123. The number of pyridine rings is 1. The Morgan fingerprint density at radius 2 is 1.88 bits per heavy atom. The second-order valence-electron chi connectivity index (χ2n) is 7.49. The second-order valence-corrected chi connectivity index (χ2v) is 7.49. The van der Waals surface area contributed by atoms with Crippen molar-refractivity contribution in [3.05, 3.63) is 65.5 Å². The summed E-state index contributed by atoms with van der Waals surface area (Å²) in [6.45, 7) is 7.89. The van der Waals surface area contributed by atoms with Gasteiger partial charge in [0.2, 0.25) is 5.91 Å². The molecule has 0 radical (unpaired) electrons. The molecule has 26 heavy (non-hydrogen) atoms. The van der Waals surface area contributed by atoms with Crippen LogP contribution in [0.1, 0.15) is 49.4 Å². The molecule has 0 bridgehead atoms. The van der Waals surface area contributed by atoms with Crippen LogP contribution in [0.5, 0.6) is 0 Å². The molecule has 0 saturated carbocycles. The van der Waals surface area contributed by atoms with Gasteiger partial charge in [-0.15, -0.1) is 0 Å². The molecule has 1 N–H and O–H groups in total. The predicted molar refractivity (Wildman–Crippen MR) is 105 cm³/mol. The second kappa shape index (κ2) is 8.95. The van der Waals surface area contributed by atoms with Crippen LogP contribution in [0.3, 0.4) is 0 Å². The first-order valence-corrected chi connectivity index (χ1v) is 9.60. The summed E-state index contributed by atoms with van der Waals surface area (Å²) in [5, 5.41) is 3.03. The van der Waals surface area contributed by atoms with E-state index in [9.17, 15) is 4.79 Å². The van der Waals surface area contributed by atoms with Crippen LogP contribution in [0.4, 0.5) is 0 Å². The van der Waals surface area contributed by atoms with E-state index < -0.39 is 0 Å². The van der Waals surface area contributed by atoms with Gasteiger partial charge in [-0.1, -0.05) is 44.2 Å². The highest BCUT2D eigenvalue weighted by Gasteiger charge is 2.24. The number of aromatic nitrogens is 1. The zero-order chi connectivity index (χ0) is 18.4. The first kappa shape index (κ1) is 18.6. The van der Waals surface area contributed by atoms with Gasteiger partial charge in [0, 0.05) is 18.7 Å². The van der Waals surface area contributed by atoms with Gasteiger partial charge in [0.1, 0.15) is 0 Å². The van der Waals surface area contributed by atoms with Crippen molar-refractivity contribution in [1.29, 1.82) is 0 Å². The topological polar surface area (TPSA) is 45.2 Å². The summed E-state index contributed by atoms with van der Waals surface area (Å²) >= 11 is 0. The van der Waals surface area contributed by atoms with E-state index in [2.05, 4.69) is 53.3 Å². The molecule has 1 aromatic heterocycles. The summed E-state index contributed by atoms with van der Waals surface area (Å²) in [5.74, 6) is 0.860. The first-order valence-electron chi connectivity index (χ1n) is 9.60. The van der Waals surface area contributed by atoms with E-state index in [0.29, 0.717) is 12.5 Å². The lowest BCUT2D eigenvalue weighted by Crippen LogP contribution is -2.40. The lowest BCUT2D eigenvalue weighted by atomic mass is 9.95. The molecule has 0 aliphatic carbocycles. The summed E-state index contributed by atoms with van der Waals surface area (Å²) in [6, 6.07) is 14.7. The molecule has 2 heterocycles. The predicted octanol–water partition coefficient (Wildman–Crippen LogP) is 3.73. The highest BCUT2D eigenvalue weighted by molar-refractivity contribution is 5.78.